The highest BCUT2D eigenvalue weighted by molar-refractivity contribution is 7.12. The van der Waals surface area contributed by atoms with Crippen molar-refractivity contribution < 1.29 is 13.9 Å². The Morgan fingerprint density at radius 3 is 3.00 bits per heavy atom. The molecule has 0 aliphatic heterocycles. The summed E-state index contributed by atoms with van der Waals surface area (Å²) in [5, 5.41) is 10.8. The number of nitrogens with one attached hydrogen (secondary N) is 1. The zero-order valence-electron chi connectivity index (χ0n) is 14.2. The van der Waals surface area contributed by atoms with E-state index in [9.17, 15) is 4.79 Å². The highest BCUT2D eigenvalue weighted by Gasteiger charge is 2.16. The first-order valence-electron chi connectivity index (χ1n) is 7.94. The van der Waals surface area contributed by atoms with Crippen LogP contribution in [0, 0.1) is 6.92 Å². The lowest BCUT2D eigenvalue weighted by Gasteiger charge is -2.05. The number of aromatic nitrogens is 3. The second-order valence-electron chi connectivity index (χ2n) is 5.73. The molecule has 0 atom stereocenters. The maximum absolute atomic E-state index is 11.8. The summed E-state index contributed by atoms with van der Waals surface area (Å²) < 4.78 is 12.3. The Morgan fingerprint density at radius 1 is 1.35 bits per heavy atom. The molecule has 0 saturated heterocycles. The van der Waals surface area contributed by atoms with Crippen molar-refractivity contribution in [3.05, 3.63) is 47.5 Å². The predicted octanol–water partition coefficient (Wildman–Crippen LogP) is 3.64. The molecule has 0 unspecified atom stereocenters. The second-order valence-corrected chi connectivity index (χ2v) is 6.56. The molecule has 0 radical (unpaired) electrons. The van der Waals surface area contributed by atoms with Crippen LogP contribution in [0.4, 0.5) is 5.82 Å². The van der Waals surface area contributed by atoms with E-state index in [2.05, 4.69) is 15.4 Å². The molecule has 1 aromatic carbocycles. The van der Waals surface area contributed by atoms with Crippen LogP contribution >= 0.6 is 11.3 Å². The molecular formula is C18H16N4O3S. The summed E-state index contributed by atoms with van der Waals surface area (Å²) in [4.78, 5) is 16.4. The van der Waals surface area contributed by atoms with Crippen LogP contribution in [0.3, 0.4) is 0 Å². The Balaban J connectivity index is 1.67. The number of carbonyl (C=O) groups excluding carboxylic acids is 1. The van der Waals surface area contributed by atoms with E-state index in [0.29, 0.717) is 16.7 Å². The van der Waals surface area contributed by atoms with Gasteiger partial charge in [-0.3, -0.25) is 4.79 Å². The third-order valence-corrected chi connectivity index (χ3v) is 4.54. The lowest BCUT2D eigenvalue weighted by Crippen LogP contribution is -2.19. The zero-order valence-corrected chi connectivity index (χ0v) is 15.0. The van der Waals surface area contributed by atoms with Crippen molar-refractivity contribution in [1.82, 2.24) is 14.8 Å². The van der Waals surface area contributed by atoms with Crippen LogP contribution in [0.2, 0.25) is 0 Å². The number of hydrogen-bond acceptors (Lipinski definition) is 6. The fraction of sp³-hybridized carbons (Fsp3) is 0.167. The zero-order chi connectivity index (χ0) is 18.1. The highest BCUT2D eigenvalue weighted by Crippen LogP contribution is 2.30. The van der Waals surface area contributed by atoms with E-state index >= 15 is 0 Å². The van der Waals surface area contributed by atoms with Crippen LogP contribution in [0.15, 0.2) is 46.2 Å². The number of anilines is 1. The number of methoxy groups -OCH3 is 1. The normalized spacial score (nSPS) is 11.2. The molecule has 0 saturated carbocycles. The van der Waals surface area contributed by atoms with Crippen LogP contribution in [0.5, 0.6) is 0 Å². The SMILES string of the molecule is COCC(=O)Nc1cc(C)nn1-c1nc(-c2cc3ccccc3o2)cs1. The first-order chi connectivity index (χ1) is 12.6. The summed E-state index contributed by atoms with van der Waals surface area (Å²) in [5.41, 5.74) is 2.32. The number of aryl methyl sites for hydroxylation is 1. The molecule has 0 aliphatic rings. The number of furan rings is 1. The number of hydrogen-bond donors (Lipinski definition) is 1. The van der Waals surface area contributed by atoms with Gasteiger partial charge in [0.15, 0.2) is 5.76 Å². The van der Waals surface area contributed by atoms with Gasteiger partial charge in [-0.2, -0.15) is 9.78 Å². The summed E-state index contributed by atoms with van der Waals surface area (Å²) in [7, 11) is 1.47. The summed E-state index contributed by atoms with van der Waals surface area (Å²) in [6.45, 7) is 1.84. The number of fused-ring (bicyclic) bond motifs is 1. The lowest BCUT2D eigenvalue weighted by molar-refractivity contribution is -0.119. The second kappa shape index (κ2) is 6.74. The Kier molecular flexibility index (Phi) is 4.27. The average Bonchev–Trinajstić information content (AvgIpc) is 3.32. The van der Waals surface area contributed by atoms with Crippen LogP contribution in [-0.2, 0) is 9.53 Å². The molecular weight excluding hydrogens is 352 g/mol. The molecule has 8 heteroatoms. The minimum atomic E-state index is -0.247. The van der Waals surface area contributed by atoms with Crippen molar-refractivity contribution in [3.63, 3.8) is 0 Å². The smallest absolute Gasteiger partial charge is 0.251 e. The molecule has 4 aromatic rings. The fourth-order valence-electron chi connectivity index (χ4n) is 2.63. The van der Waals surface area contributed by atoms with Gasteiger partial charge in [-0.05, 0) is 19.1 Å². The molecule has 0 fully saturated rings. The Bertz CT molecular complexity index is 1050. The molecule has 3 heterocycles. The van der Waals surface area contributed by atoms with E-state index in [4.69, 9.17) is 9.15 Å². The topological polar surface area (TPSA) is 82.2 Å². The molecule has 3 aromatic heterocycles. The van der Waals surface area contributed by atoms with Crippen molar-refractivity contribution in [3.8, 4) is 16.6 Å². The van der Waals surface area contributed by atoms with Crippen molar-refractivity contribution in [2.24, 2.45) is 0 Å². The average molecular weight is 368 g/mol. The maximum Gasteiger partial charge on any atom is 0.251 e. The minimum Gasteiger partial charge on any atom is -0.454 e. The van der Waals surface area contributed by atoms with Gasteiger partial charge in [0.25, 0.3) is 5.91 Å². The van der Waals surface area contributed by atoms with Crippen molar-refractivity contribution in [1.29, 1.82) is 0 Å². The number of thiazole rings is 1. The van der Waals surface area contributed by atoms with Crippen molar-refractivity contribution in [2.45, 2.75) is 6.92 Å². The summed E-state index contributed by atoms with van der Waals surface area (Å²) >= 11 is 1.42. The number of benzene rings is 1. The van der Waals surface area contributed by atoms with Gasteiger partial charge >= 0.3 is 0 Å². The third kappa shape index (κ3) is 3.12. The fourth-order valence-corrected chi connectivity index (χ4v) is 3.40. The lowest BCUT2D eigenvalue weighted by atomic mass is 10.2. The van der Waals surface area contributed by atoms with Crippen LogP contribution in [-0.4, -0.2) is 34.4 Å². The first kappa shape index (κ1) is 16.5. The van der Waals surface area contributed by atoms with Crippen LogP contribution in [0.25, 0.3) is 27.6 Å². The number of amides is 1. The van der Waals surface area contributed by atoms with Gasteiger partial charge < -0.3 is 14.5 Å². The van der Waals surface area contributed by atoms with Gasteiger partial charge in [-0.15, -0.1) is 11.3 Å². The van der Waals surface area contributed by atoms with Gasteiger partial charge in [0.1, 0.15) is 23.7 Å². The molecule has 0 spiro atoms. The molecule has 0 aliphatic carbocycles. The minimum absolute atomic E-state index is 0.0215. The monoisotopic (exact) mass is 368 g/mol. The first-order valence-corrected chi connectivity index (χ1v) is 8.82. The van der Waals surface area contributed by atoms with Gasteiger partial charge in [0, 0.05) is 23.9 Å². The summed E-state index contributed by atoms with van der Waals surface area (Å²) in [5.74, 6) is 1.00. The van der Waals surface area contributed by atoms with Gasteiger partial charge in [0.05, 0.1) is 5.69 Å². The third-order valence-electron chi connectivity index (χ3n) is 3.73. The number of rotatable bonds is 5. The molecule has 1 N–H and O–H groups in total. The van der Waals surface area contributed by atoms with E-state index < -0.39 is 0 Å². The van der Waals surface area contributed by atoms with E-state index in [1.165, 1.54) is 18.4 Å². The molecule has 7 nitrogen and oxygen atoms in total. The van der Waals surface area contributed by atoms with E-state index in [-0.39, 0.29) is 12.5 Å². The standard InChI is InChI=1S/C18H16N4O3S/c1-11-7-16(20-17(23)9-24-2)22(21-11)18-19-13(10-26-18)15-8-12-5-3-4-6-14(12)25-15/h3-8,10H,9H2,1-2H3,(H,20,23). The number of para-hydroxylation sites is 1. The van der Waals surface area contributed by atoms with E-state index in [1.807, 2.05) is 42.6 Å². The summed E-state index contributed by atoms with van der Waals surface area (Å²) in [6, 6.07) is 11.6. The maximum atomic E-state index is 11.8. The quantitative estimate of drug-likeness (QED) is 0.582. The van der Waals surface area contributed by atoms with Crippen molar-refractivity contribution >= 4 is 34.0 Å². The van der Waals surface area contributed by atoms with Crippen molar-refractivity contribution in [2.75, 3.05) is 19.0 Å². The van der Waals surface area contributed by atoms with Crippen LogP contribution in [0.1, 0.15) is 5.69 Å². The Morgan fingerprint density at radius 2 is 2.19 bits per heavy atom. The molecule has 1 amide bonds. The van der Waals surface area contributed by atoms with E-state index in [0.717, 1.165) is 22.4 Å². The largest absolute Gasteiger partial charge is 0.454 e. The van der Waals surface area contributed by atoms with Gasteiger partial charge in [-0.25, -0.2) is 4.98 Å². The van der Waals surface area contributed by atoms with Crippen LogP contribution < -0.4 is 5.32 Å². The molecule has 0 bridgehead atoms. The Labute approximate surface area is 153 Å². The van der Waals surface area contributed by atoms with Gasteiger partial charge in [0.2, 0.25) is 5.13 Å². The van der Waals surface area contributed by atoms with E-state index in [1.54, 1.807) is 10.7 Å². The molecule has 26 heavy (non-hydrogen) atoms. The summed E-state index contributed by atoms with van der Waals surface area (Å²) in [6.07, 6.45) is 0. The number of carbonyl (C=O) groups is 1. The molecule has 4 rings (SSSR count). The predicted molar refractivity (Wildman–Crippen MR) is 99.7 cm³/mol. The number of nitrogens with zero attached hydrogens (tertiary/aromatic N) is 3. The Hall–Kier alpha value is -2.97. The van der Waals surface area contributed by atoms with Gasteiger partial charge in [-0.1, -0.05) is 18.2 Å². The number of ether oxygens (including phenoxy) is 1. The molecule has 132 valence electrons. The highest BCUT2D eigenvalue weighted by atomic mass is 32.1.